The number of amides is 3. The number of hydrogen-bond donors (Lipinski definition) is 3. The first kappa shape index (κ1) is 32.1. The van der Waals surface area contributed by atoms with Crippen LogP contribution in [0.4, 0.5) is 11.4 Å². The molecule has 0 heterocycles. The molecule has 3 rings (SSSR count). The highest BCUT2D eigenvalue weighted by Gasteiger charge is 2.20. The molecule has 224 valence electrons. The van der Waals surface area contributed by atoms with Gasteiger partial charge in [0.05, 0.1) is 31.6 Å². The average molecular weight is 577 g/mol. The molecule has 0 saturated heterocycles. The van der Waals surface area contributed by atoms with Crippen molar-refractivity contribution in [1.82, 2.24) is 5.32 Å². The lowest BCUT2D eigenvalue weighted by molar-refractivity contribution is -0.118. The zero-order valence-corrected chi connectivity index (χ0v) is 24.5. The molecule has 3 aromatic carbocycles. The SMILES string of the molecule is COc1cc(C(=O)N(C)c2ccccc2COCCCCNC(C)=O)ccc1NC(=O)c1ccccc1OCCCN. The molecule has 4 N–H and O–H groups in total. The number of hydrogen-bond acceptors (Lipinski definition) is 7. The molecule has 0 atom stereocenters. The molecule has 0 aliphatic carbocycles. The topological polar surface area (TPSA) is 132 Å². The predicted octanol–water partition coefficient (Wildman–Crippen LogP) is 4.38. The van der Waals surface area contributed by atoms with E-state index in [0.717, 1.165) is 24.1 Å². The van der Waals surface area contributed by atoms with Crippen molar-refractivity contribution in [3.8, 4) is 11.5 Å². The van der Waals surface area contributed by atoms with Crippen LogP contribution in [0.25, 0.3) is 0 Å². The molecule has 0 aliphatic heterocycles. The molecule has 10 nitrogen and oxygen atoms in total. The van der Waals surface area contributed by atoms with Crippen molar-refractivity contribution in [3.63, 3.8) is 0 Å². The minimum Gasteiger partial charge on any atom is -0.495 e. The van der Waals surface area contributed by atoms with Gasteiger partial charge in [-0.2, -0.15) is 0 Å². The van der Waals surface area contributed by atoms with E-state index in [1.54, 1.807) is 54.4 Å². The van der Waals surface area contributed by atoms with Crippen LogP contribution in [0, 0.1) is 0 Å². The fourth-order valence-electron chi connectivity index (χ4n) is 4.20. The third-order valence-corrected chi connectivity index (χ3v) is 6.44. The number of nitrogens with two attached hydrogens (primary N) is 1. The largest absolute Gasteiger partial charge is 0.495 e. The summed E-state index contributed by atoms with van der Waals surface area (Å²) in [6.07, 6.45) is 2.31. The third-order valence-electron chi connectivity index (χ3n) is 6.44. The van der Waals surface area contributed by atoms with Gasteiger partial charge in [-0.1, -0.05) is 30.3 Å². The Morgan fingerprint density at radius 1 is 0.905 bits per heavy atom. The Bertz CT molecular complexity index is 1350. The maximum atomic E-state index is 13.5. The number of nitrogens with zero attached hydrogens (tertiary/aromatic N) is 1. The summed E-state index contributed by atoms with van der Waals surface area (Å²) >= 11 is 0. The Hall–Kier alpha value is -4.41. The number of ether oxygens (including phenoxy) is 3. The van der Waals surface area contributed by atoms with E-state index in [9.17, 15) is 14.4 Å². The van der Waals surface area contributed by atoms with Crippen molar-refractivity contribution >= 4 is 29.1 Å². The molecule has 0 bridgehead atoms. The Balaban J connectivity index is 1.67. The van der Waals surface area contributed by atoms with Crippen molar-refractivity contribution in [2.75, 3.05) is 50.7 Å². The average Bonchev–Trinajstić information content (AvgIpc) is 3.00. The molecule has 0 saturated carbocycles. The molecular formula is C32H40N4O6. The zero-order valence-electron chi connectivity index (χ0n) is 24.5. The number of para-hydroxylation sites is 2. The highest BCUT2D eigenvalue weighted by atomic mass is 16.5. The van der Waals surface area contributed by atoms with Crippen LogP contribution >= 0.6 is 0 Å². The fraction of sp³-hybridized carbons (Fsp3) is 0.344. The maximum Gasteiger partial charge on any atom is 0.259 e. The summed E-state index contributed by atoms with van der Waals surface area (Å²) in [4.78, 5) is 39.1. The minimum atomic E-state index is -0.364. The molecule has 3 amide bonds. The van der Waals surface area contributed by atoms with E-state index in [4.69, 9.17) is 19.9 Å². The number of benzene rings is 3. The maximum absolute atomic E-state index is 13.5. The highest BCUT2D eigenvalue weighted by molar-refractivity contribution is 6.09. The van der Waals surface area contributed by atoms with Crippen LogP contribution in [-0.2, 0) is 16.1 Å². The van der Waals surface area contributed by atoms with E-state index in [1.165, 1.54) is 14.0 Å². The second-order valence-electron chi connectivity index (χ2n) is 9.59. The number of carbonyl (C=O) groups is 3. The van der Waals surface area contributed by atoms with E-state index in [2.05, 4.69) is 10.6 Å². The van der Waals surface area contributed by atoms with Gasteiger partial charge in [-0.3, -0.25) is 14.4 Å². The quantitative estimate of drug-likeness (QED) is 0.216. The van der Waals surface area contributed by atoms with Crippen LogP contribution in [-0.4, -0.2) is 58.2 Å². The summed E-state index contributed by atoms with van der Waals surface area (Å²) in [7, 11) is 3.19. The lowest BCUT2D eigenvalue weighted by Crippen LogP contribution is -2.27. The van der Waals surface area contributed by atoms with Gasteiger partial charge >= 0.3 is 0 Å². The number of unbranched alkanes of at least 4 members (excludes halogenated alkanes) is 1. The minimum absolute atomic E-state index is 0.0415. The summed E-state index contributed by atoms with van der Waals surface area (Å²) in [6.45, 7) is 3.91. The van der Waals surface area contributed by atoms with Crippen LogP contribution in [0.3, 0.4) is 0 Å². The van der Waals surface area contributed by atoms with Gasteiger partial charge in [0.2, 0.25) is 5.91 Å². The van der Waals surface area contributed by atoms with Gasteiger partial charge in [0.15, 0.2) is 0 Å². The van der Waals surface area contributed by atoms with Crippen molar-refractivity contribution < 1.29 is 28.6 Å². The first-order valence-electron chi connectivity index (χ1n) is 13.9. The number of carbonyl (C=O) groups excluding carboxylic acids is 3. The Kier molecular flexibility index (Phi) is 12.8. The lowest BCUT2D eigenvalue weighted by atomic mass is 10.1. The molecule has 0 unspecified atom stereocenters. The van der Waals surface area contributed by atoms with E-state index >= 15 is 0 Å². The smallest absolute Gasteiger partial charge is 0.259 e. The fourth-order valence-corrected chi connectivity index (χ4v) is 4.20. The van der Waals surface area contributed by atoms with Crippen molar-refractivity contribution in [1.29, 1.82) is 0 Å². The second kappa shape index (κ2) is 16.8. The Morgan fingerprint density at radius 3 is 2.43 bits per heavy atom. The lowest BCUT2D eigenvalue weighted by Gasteiger charge is -2.21. The molecule has 42 heavy (non-hydrogen) atoms. The Morgan fingerprint density at radius 2 is 1.67 bits per heavy atom. The van der Waals surface area contributed by atoms with Gasteiger partial charge in [0.25, 0.3) is 11.8 Å². The van der Waals surface area contributed by atoms with E-state index in [1.807, 2.05) is 24.3 Å². The molecule has 10 heteroatoms. The first-order valence-corrected chi connectivity index (χ1v) is 13.9. The molecule has 3 aromatic rings. The van der Waals surface area contributed by atoms with Crippen LogP contribution in [0.5, 0.6) is 11.5 Å². The number of rotatable bonds is 16. The normalized spacial score (nSPS) is 10.6. The summed E-state index contributed by atoms with van der Waals surface area (Å²) in [5.74, 6) is 0.160. The molecule has 0 aromatic heterocycles. The molecule has 0 aliphatic rings. The number of nitrogens with one attached hydrogen (secondary N) is 2. The van der Waals surface area contributed by atoms with Gasteiger partial charge in [0.1, 0.15) is 11.5 Å². The second-order valence-corrected chi connectivity index (χ2v) is 9.59. The zero-order chi connectivity index (χ0) is 30.3. The van der Waals surface area contributed by atoms with E-state index in [-0.39, 0.29) is 17.7 Å². The number of methoxy groups -OCH3 is 1. The molecule has 0 spiro atoms. The summed E-state index contributed by atoms with van der Waals surface area (Å²) < 4.78 is 17.1. The Labute approximate surface area is 247 Å². The summed E-state index contributed by atoms with van der Waals surface area (Å²) in [5.41, 5.74) is 8.34. The van der Waals surface area contributed by atoms with Gasteiger partial charge in [-0.25, -0.2) is 0 Å². The summed E-state index contributed by atoms with van der Waals surface area (Å²) in [5, 5.41) is 5.63. The van der Waals surface area contributed by atoms with Crippen LogP contribution in [0.1, 0.15) is 52.5 Å². The first-order chi connectivity index (χ1) is 20.3. The van der Waals surface area contributed by atoms with Gasteiger partial charge < -0.3 is 35.5 Å². The summed E-state index contributed by atoms with van der Waals surface area (Å²) in [6, 6.07) is 19.4. The monoisotopic (exact) mass is 576 g/mol. The van der Waals surface area contributed by atoms with Crippen molar-refractivity contribution in [2.45, 2.75) is 32.8 Å². The van der Waals surface area contributed by atoms with E-state index < -0.39 is 0 Å². The van der Waals surface area contributed by atoms with E-state index in [0.29, 0.717) is 67.6 Å². The van der Waals surface area contributed by atoms with Gasteiger partial charge in [0, 0.05) is 43.9 Å². The van der Waals surface area contributed by atoms with Gasteiger partial charge in [-0.15, -0.1) is 0 Å². The van der Waals surface area contributed by atoms with Crippen molar-refractivity contribution in [2.24, 2.45) is 5.73 Å². The number of anilines is 2. The molecule has 0 radical (unpaired) electrons. The molecule has 0 fully saturated rings. The predicted molar refractivity (Wildman–Crippen MR) is 163 cm³/mol. The van der Waals surface area contributed by atoms with Crippen LogP contribution in [0.15, 0.2) is 66.7 Å². The highest BCUT2D eigenvalue weighted by Crippen LogP contribution is 2.29. The van der Waals surface area contributed by atoms with Gasteiger partial charge in [-0.05, 0) is 62.2 Å². The van der Waals surface area contributed by atoms with Crippen LogP contribution < -0.4 is 30.7 Å². The molecular weight excluding hydrogens is 536 g/mol. The van der Waals surface area contributed by atoms with Crippen molar-refractivity contribution in [3.05, 3.63) is 83.4 Å². The van der Waals surface area contributed by atoms with Crippen LogP contribution in [0.2, 0.25) is 0 Å². The third kappa shape index (κ3) is 9.32. The standard InChI is InChI=1S/C32H40N4O6/c1-23(37)34-18-8-9-19-41-22-25-11-4-6-13-28(25)36(2)32(39)24-15-16-27(30(21-24)40-3)35-31(38)26-12-5-7-14-29(26)42-20-10-17-33/h4-7,11-16,21H,8-10,17-20,22,33H2,1-3H3,(H,34,37)(H,35,38).